The summed E-state index contributed by atoms with van der Waals surface area (Å²) in [5, 5.41) is 3.12. The van der Waals surface area contributed by atoms with E-state index in [9.17, 15) is 4.79 Å². The number of likely N-dealkylation sites (tertiary alicyclic amines) is 1. The second-order valence-electron chi connectivity index (χ2n) is 15.8. The lowest BCUT2D eigenvalue weighted by atomic mass is 9.99. The fourth-order valence-corrected chi connectivity index (χ4v) is 7.68. The number of benzene rings is 5. The molecule has 1 aliphatic rings. The number of amides is 1. The van der Waals surface area contributed by atoms with Crippen LogP contribution in [0.5, 0.6) is 5.75 Å². The summed E-state index contributed by atoms with van der Waals surface area (Å²) in [7, 11) is 6.38. The number of carbonyl (C=O) groups excluding carboxylic acids is 1. The molecule has 294 valence electrons. The molecule has 0 aliphatic carbocycles. The van der Waals surface area contributed by atoms with Crippen molar-refractivity contribution in [3.05, 3.63) is 161 Å². The zero-order valence-electron chi connectivity index (χ0n) is 33.6. The predicted molar refractivity (Wildman–Crippen MR) is 226 cm³/mol. The minimum atomic E-state index is -0.363. The lowest BCUT2D eigenvalue weighted by molar-refractivity contribution is -0.903. The average molecular weight is 755 g/mol. The Balaban J connectivity index is 0.873. The number of methoxy groups -OCH3 is 1. The number of hydrogen-bond acceptors (Lipinski definition) is 5. The van der Waals surface area contributed by atoms with Crippen LogP contribution in [-0.2, 0) is 29.2 Å². The van der Waals surface area contributed by atoms with Crippen molar-refractivity contribution in [1.29, 1.82) is 0 Å². The van der Waals surface area contributed by atoms with E-state index >= 15 is 0 Å². The molecule has 1 fully saturated rings. The average Bonchev–Trinajstić information content (AvgIpc) is 3.23. The molecular formula is C49H60N3O4+. The Kier molecular flexibility index (Phi) is 15.1. The third kappa shape index (κ3) is 12.5. The van der Waals surface area contributed by atoms with Crippen molar-refractivity contribution in [2.45, 2.75) is 70.4 Å². The number of para-hydroxylation sites is 1. The molecule has 7 heteroatoms. The van der Waals surface area contributed by atoms with E-state index in [1.165, 1.54) is 41.5 Å². The van der Waals surface area contributed by atoms with Gasteiger partial charge in [0.2, 0.25) is 0 Å². The number of hydrogen-bond donors (Lipinski definition) is 1. The van der Waals surface area contributed by atoms with Gasteiger partial charge in [-0.15, -0.1) is 0 Å². The maximum Gasteiger partial charge on any atom is 0.408 e. The van der Waals surface area contributed by atoms with E-state index in [4.69, 9.17) is 14.2 Å². The Morgan fingerprint density at radius 3 is 1.91 bits per heavy atom. The van der Waals surface area contributed by atoms with Crippen LogP contribution in [0.1, 0.15) is 72.4 Å². The molecular weight excluding hydrogens is 695 g/mol. The molecule has 0 unspecified atom stereocenters. The van der Waals surface area contributed by atoms with Crippen LogP contribution in [0.4, 0.5) is 4.79 Å². The first kappa shape index (κ1) is 40.7. The van der Waals surface area contributed by atoms with Gasteiger partial charge < -0.3 is 24.0 Å². The minimum Gasteiger partial charge on any atom is -0.496 e. The molecule has 6 rings (SSSR count). The normalized spacial score (nSPS) is 13.8. The third-order valence-corrected chi connectivity index (χ3v) is 10.8. The van der Waals surface area contributed by atoms with Gasteiger partial charge in [-0.2, -0.15) is 0 Å². The number of carbonyl (C=O) groups is 1. The summed E-state index contributed by atoms with van der Waals surface area (Å²) in [6.45, 7) is 6.27. The maximum absolute atomic E-state index is 13.0. The summed E-state index contributed by atoms with van der Waals surface area (Å²) in [6.07, 6.45) is 5.94. The number of quaternary nitrogens is 1. The molecule has 0 aromatic heterocycles. The highest BCUT2D eigenvalue weighted by molar-refractivity contribution is 5.69. The van der Waals surface area contributed by atoms with Crippen LogP contribution < -0.4 is 10.1 Å². The molecule has 5 aromatic rings. The molecule has 1 saturated heterocycles. The van der Waals surface area contributed by atoms with E-state index < -0.39 is 0 Å². The van der Waals surface area contributed by atoms with Gasteiger partial charge >= 0.3 is 6.09 Å². The van der Waals surface area contributed by atoms with Crippen LogP contribution in [0.25, 0.3) is 11.1 Å². The van der Waals surface area contributed by atoms with Crippen molar-refractivity contribution >= 4 is 6.09 Å². The Bertz CT molecular complexity index is 1850. The van der Waals surface area contributed by atoms with Crippen molar-refractivity contribution in [2.24, 2.45) is 0 Å². The Hall–Kier alpha value is -4.95. The van der Waals surface area contributed by atoms with E-state index in [2.05, 4.69) is 78.9 Å². The van der Waals surface area contributed by atoms with Crippen molar-refractivity contribution < 1.29 is 23.5 Å². The van der Waals surface area contributed by atoms with Gasteiger partial charge in [0.1, 0.15) is 18.4 Å². The second-order valence-corrected chi connectivity index (χ2v) is 15.8. The summed E-state index contributed by atoms with van der Waals surface area (Å²) in [4.78, 5) is 15.5. The molecule has 1 heterocycles. The summed E-state index contributed by atoms with van der Waals surface area (Å²) in [6, 6.07) is 46.0. The highest BCUT2D eigenvalue weighted by Crippen LogP contribution is 2.25. The van der Waals surface area contributed by atoms with Crippen molar-refractivity contribution in [3.8, 4) is 16.9 Å². The smallest absolute Gasteiger partial charge is 0.408 e. The summed E-state index contributed by atoms with van der Waals surface area (Å²) in [5.41, 5.74) is 8.33. The fraction of sp³-hybridized carbons (Fsp3) is 0.367. The molecule has 1 amide bonds. The second kappa shape index (κ2) is 20.8. The molecule has 7 nitrogen and oxygen atoms in total. The number of alkyl carbamates (subject to hydrolysis) is 1. The Morgan fingerprint density at radius 1 is 0.714 bits per heavy atom. The van der Waals surface area contributed by atoms with Crippen molar-refractivity contribution in [3.63, 3.8) is 0 Å². The molecule has 5 aromatic carbocycles. The summed E-state index contributed by atoms with van der Waals surface area (Å²) >= 11 is 0. The van der Waals surface area contributed by atoms with Crippen LogP contribution in [0.2, 0.25) is 0 Å². The first-order valence-corrected chi connectivity index (χ1v) is 20.3. The Morgan fingerprint density at radius 2 is 1.29 bits per heavy atom. The first-order chi connectivity index (χ1) is 27.3. The molecule has 0 bridgehead atoms. The van der Waals surface area contributed by atoms with Crippen LogP contribution in [0, 0.1) is 0 Å². The number of nitrogens with one attached hydrogen (secondary N) is 1. The molecule has 0 spiro atoms. The lowest BCUT2D eigenvalue weighted by Crippen LogP contribution is -2.40. The highest BCUT2D eigenvalue weighted by atomic mass is 16.6. The van der Waals surface area contributed by atoms with E-state index in [0.717, 1.165) is 85.5 Å². The molecule has 1 aliphatic heterocycles. The number of nitrogens with zero attached hydrogens (tertiary/aromatic N) is 2. The lowest BCUT2D eigenvalue weighted by Gasteiger charge is -2.32. The summed E-state index contributed by atoms with van der Waals surface area (Å²) < 4.78 is 18.2. The van der Waals surface area contributed by atoms with Gasteiger partial charge in [-0.1, -0.05) is 134 Å². The van der Waals surface area contributed by atoms with Crippen LogP contribution in [0.15, 0.2) is 133 Å². The van der Waals surface area contributed by atoms with E-state index in [0.29, 0.717) is 6.61 Å². The minimum absolute atomic E-state index is 0.0830. The zero-order valence-corrected chi connectivity index (χ0v) is 33.6. The van der Waals surface area contributed by atoms with Crippen LogP contribution in [-0.4, -0.2) is 69.0 Å². The number of piperidine rings is 1. The van der Waals surface area contributed by atoms with Crippen molar-refractivity contribution in [2.75, 3.05) is 47.4 Å². The quantitative estimate of drug-likeness (QED) is 0.0672. The number of ether oxygens (including phenoxy) is 3. The molecule has 0 saturated carbocycles. The molecule has 1 N–H and O–H groups in total. The maximum atomic E-state index is 13.0. The van der Waals surface area contributed by atoms with E-state index in [-0.39, 0.29) is 18.2 Å². The van der Waals surface area contributed by atoms with Gasteiger partial charge in [0.25, 0.3) is 0 Å². The van der Waals surface area contributed by atoms with E-state index in [1.54, 1.807) is 7.11 Å². The third-order valence-electron chi connectivity index (χ3n) is 10.8. The zero-order chi connectivity index (χ0) is 39.0. The number of rotatable bonds is 19. The van der Waals surface area contributed by atoms with Gasteiger partial charge in [0.15, 0.2) is 0 Å². The highest BCUT2D eigenvalue weighted by Gasteiger charge is 2.25. The monoisotopic (exact) mass is 754 g/mol. The first-order valence-electron chi connectivity index (χ1n) is 20.3. The molecule has 56 heavy (non-hydrogen) atoms. The van der Waals surface area contributed by atoms with Crippen LogP contribution >= 0.6 is 0 Å². The van der Waals surface area contributed by atoms with Crippen LogP contribution in [0.3, 0.4) is 0 Å². The van der Waals surface area contributed by atoms with Crippen molar-refractivity contribution in [1.82, 2.24) is 10.2 Å². The van der Waals surface area contributed by atoms with Gasteiger partial charge in [-0.3, -0.25) is 4.90 Å². The van der Waals surface area contributed by atoms with Gasteiger partial charge in [0, 0.05) is 37.4 Å². The molecule has 0 radical (unpaired) electrons. The van der Waals surface area contributed by atoms with E-state index in [1.807, 2.05) is 78.9 Å². The topological polar surface area (TPSA) is 60.0 Å². The number of unbranched alkanes of at least 4 members (excludes halogenated alkanes) is 3. The van der Waals surface area contributed by atoms with Gasteiger partial charge in [-0.05, 0) is 66.0 Å². The van der Waals surface area contributed by atoms with Gasteiger partial charge in [-0.25, -0.2) is 4.79 Å². The predicted octanol–water partition coefficient (Wildman–Crippen LogP) is 10.2. The molecule has 0 atom stereocenters. The fourth-order valence-electron chi connectivity index (χ4n) is 7.68. The Labute approximate surface area is 334 Å². The standard InChI is InChI=1S/C49H59N3O4/c1-52(2,34-14-4-5-15-35-55-38-45-20-12-13-21-47(45)54-3)37-40-24-28-42(29-25-40)41-26-22-39(23-27-41)36-51-32-30-46(31-33-51)56-49(53)50-48(43-16-8-6-9-17-43)44-18-10-7-11-19-44/h6-13,16-29,46,48H,4-5,14-15,30-38H2,1-3H3/p+1. The SMILES string of the molecule is COc1ccccc1COCCCCCC[N+](C)(C)Cc1ccc(-c2ccc(CN3CCC(OC(=O)NC(c4ccccc4)c4ccccc4)CC3)cc2)cc1. The largest absolute Gasteiger partial charge is 0.496 e. The summed E-state index contributed by atoms with van der Waals surface area (Å²) in [5.74, 6) is 0.894. The van der Waals surface area contributed by atoms with Gasteiger partial charge in [0.05, 0.1) is 40.4 Å².